The van der Waals surface area contributed by atoms with E-state index in [1.807, 2.05) is 58.8 Å². The van der Waals surface area contributed by atoms with Gasteiger partial charge in [0, 0.05) is 49.4 Å². The molecule has 2 unspecified atom stereocenters. The minimum atomic E-state index is -0.397. The van der Waals surface area contributed by atoms with E-state index in [2.05, 4.69) is 19.2 Å². The Hall–Kier alpha value is -2.04. The molecule has 0 fully saturated rings. The standard InChI is InChI=1S/C15H21N3O2.C3H8.C2H6/c1-8-5-10(18(3)4)6-12-14(8)15(20)9(2)11(17-12)7-13(16)19;1-3-2;1-2/h5-6,9,11,17H,7H2,1-4H3,(H2,16,19);3H2,1-2H3;1-2H3. The van der Waals surface area contributed by atoms with Crippen LogP contribution >= 0.6 is 0 Å². The van der Waals surface area contributed by atoms with Crippen LogP contribution in [0, 0.1) is 12.8 Å². The molecule has 0 saturated heterocycles. The summed E-state index contributed by atoms with van der Waals surface area (Å²) in [6, 6.07) is 3.71. The molecule has 2 atom stereocenters. The summed E-state index contributed by atoms with van der Waals surface area (Å²) in [7, 11) is 3.91. The summed E-state index contributed by atoms with van der Waals surface area (Å²) in [6.45, 7) is 12.0. The topological polar surface area (TPSA) is 75.4 Å². The quantitative estimate of drug-likeness (QED) is 0.865. The average Bonchev–Trinajstić information content (AvgIpc) is 2.53. The van der Waals surface area contributed by atoms with Crippen molar-refractivity contribution in [3.05, 3.63) is 23.3 Å². The van der Waals surface area contributed by atoms with Crippen molar-refractivity contribution >= 4 is 23.1 Å². The molecule has 142 valence electrons. The molecule has 3 N–H and O–H groups in total. The third-order valence-corrected chi connectivity index (χ3v) is 3.86. The Morgan fingerprint density at radius 2 is 1.76 bits per heavy atom. The van der Waals surface area contributed by atoms with Gasteiger partial charge in [-0.3, -0.25) is 9.59 Å². The molecule has 0 aliphatic carbocycles. The molecule has 0 bridgehead atoms. The summed E-state index contributed by atoms with van der Waals surface area (Å²) >= 11 is 0. The fraction of sp³-hybridized carbons (Fsp3) is 0.600. The highest BCUT2D eigenvalue weighted by Crippen LogP contribution is 2.34. The van der Waals surface area contributed by atoms with Crippen molar-refractivity contribution in [2.45, 2.75) is 60.4 Å². The Morgan fingerprint density at radius 3 is 2.20 bits per heavy atom. The van der Waals surface area contributed by atoms with Crippen LogP contribution in [-0.4, -0.2) is 31.8 Å². The van der Waals surface area contributed by atoms with Crippen LogP contribution in [0.25, 0.3) is 0 Å². The van der Waals surface area contributed by atoms with Crippen LogP contribution in [0.4, 0.5) is 11.4 Å². The summed E-state index contributed by atoms with van der Waals surface area (Å²) in [5, 5.41) is 3.30. The van der Waals surface area contributed by atoms with Gasteiger partial charge in [-0.15, -0.1) is 0 Å². The number of ketones is 1. The van der Waals surface area contributed by atoms with Crippen molar-refractivity contribution < 1.29 is 9.59 Å². The predicted octanol–water partition coefficient (Wildman–Crippen LogP) is 3.99. The number of hydrogen-bond donors (Lipinski definition) is 2. The minimum absolute atomic E-state index is 0.0767. The number of aryl methyl sites for hydroxylation is 1. The molecule has 0 radical (unpaired) electrons. The summed E-state index contributed by atoms with van der Waals surface area (Å²) < 4.78 is 0. The summed E-state index contributed by atoms with van der Waals surface area (Å²) in [5.41, 5.74) is 8.75. The minimum Gasteiger partial charge on any atom is -0.380 e. The van der Waals surface area contributed by atoms with Gasteiger partial charge in [-0.25, -0.2) is 0 Å². The Balaban J connectivity index is 0.00000104. The van der Waals surface area contributed by atoms with Crippen LogP contribution < -0.4 is 16.0 Å². The molecule has 5 nitrogen and oxygen atoms in total. The number of nitrogens with zero attached hydrogens (tertiary/aromatic N) is 1. The van der Waals surface area contributed by atoms with E-state index < -0.39 is 5.91 Å². The summed E-state index contributed by atoms with van der Waals surface area (Å²) in [6.07, 6.45) is 1.41. The smallest absolute Gasteiger partial charge is 0.219 e. The van der Waals surface area contributed by atoms with E-state index in [-0.39, 0.29) is 24.2 Å². The second-order valence-electron chi connectivity index (χ2n) is 6.36. The normalized spacial score (nSPS) is 17.8. The van der Waals surface area contributed by atoms with E-state index in [0.29, 0.717) is 0 Å². The third-order valence-electron chi connectivity index (χ3n) is 3.86. The largest absolute Gasteiger partial charge is 0.380 e. The highest BCUT2D eigenvalue weighted by molar-refractivity contribution is 6.07. The number of rotatable bonds is 3. The fourth-order valence-electron chi connectivity index (χ4n) is 2.65. The van der Waals surface area contributed by atoms with Crippen molar-refractivity contribution in [2.75, 3.05) is 24.3 Å². The monoisotopic (exact) mass is 349 g/mol. The predicted molar refractivity (Wildman–Crippen MR) is 108 cm³/mol. The number of anilines is 2. The maximum Gasteiger partial charge on any atom is 0.219 e. The number of nitrogens with two attached hydrogens (primary N) is 1. The molecule has 0 saturated carbocycles. The number of Topliss-reactive ketones (excluding diaryl/α,β-unsaturated/α-hetero) is 1. The van der Waals surface area contributed by atoms with Gasteiger partial charge in [-0.05, 0) is 24.6 Å². The first kappa shape index (κ1) is 23.0. The number of amides is 1. The molecule has 0 aromatic heterocycles. The van der Waals surface area contributed by atoms with Crippen LogP contribution in [0.3, 0.4) is 0 Å². The van der Waals surface area contributed by atoms with Gasteiger partial charge >= 0.3 is 0 Å². The van der Waals surface area contributed by atoms with Crippen LogP contribution in [-0.2, 0) is 4.79 Å². The Labute approximate surface area is 153 Å². The lowest BCUT2D eigenvalue weighted by Crippen LogP contribution is -2.41. The number of primary amides is 1. The van der Waals surface area contributed by atoms with Crippen molar-refractivity contribution in [3.63, 3.8) is 0 Å². The van der Waals surface area contributed by atoms with Crippen LogP contribution in [0.5, 0.6) is 0 Å². The first-order valence-electron chi connectivity index (χ1n) is 9.13. The molecule has 1 aromatic rings. The van der Waals surface area contributed by atoms with E-state index in [1.54, 1.807) is 0 Å². The first-order chi connectivity index (χ1) is 11.7. The maximum absolute atomic E-state index is 12.5. The molecule has 1 aliphatic heterocycles. The number of carbonyl (C=O) groups is 2. The second-order valence-corrected chi connectivity index (χ2v) is 6.36. The van der Waals surface area contributed by atoms with Crippen molar-refractivity contribution in [2.24, 2.45) is 11.7 Å². The lowest BCUT2D eigenvalue weighted by atomic mass is 9.83. The van der Waals surface area contributed by atoms with Gasteiger partial charge in [0.05, 0.1) is 0 Å². The zero-order valence-corrected chi connectivity index (χ0v) is 17.1. The van der Waals surface area contributed by atoms with Gasteiger partial charge in [0.25, 0.3) is 0 Å². The first-order valence-corrected chi connectivity index (χ1v) is 9.13. The molecule has 2 rings (SSSR count). The van der Waals surface area contributed by atoms with Gasteiger partial charge in [0.1, 0.15) is 0 Å². The Bertz CT molecular complexity index is 583. The summed E-state index contributed by atoms with van der Waals surface area (Å²) in [4.78, 5) is 25.6. The number of nitrogens with one attached hydrogen (secondary N) is 1. The number of hydrogen-bond acceptors (Lipinski definition) is 4. The second kappa shape index (κ2) is 10.7. The molecule has 0 spiro atoms. The Morgan fingerprint density at radius 1 is 1.24 bits per heavy atom. The van der Waals surface area contributed by atoms with Crippen LogP contribution in [0.1, 0.15) is 63.4 Å². The van der Waals surface area contributed by atoms with Crippen LogP contribution in [0.2, 0.25) is 0 Å². The van der Waals surface area contributed by atoms with Gasteiger partial charge in [-0.2, -0.15) is 0 Å². The SMILES string of the molecule is CC.CCC.Cc1cc(N(C)C)cc2c1C(=O)C(C)C(CC(N)=O)N2. The van der Waals surface area contributed by atoms with Crippen molar-refractivity contribution in [1.82, 2.24) is 0 Å². The average molecular weight is 350 g/mol. The maximum atomic E-state index is 12.5. The van der Waals surface area contributed by atoms with Crippen molar-refractivity contribution in [1.29, 1.82) is 0 Å². The number of carbonyl (C=O) groups excluding carboxylic acids is 2. The molecule has 25 heavy (non-hydrogen) atoms. The molecule has 1 aromatic carbocycles. The summed E-state index contributed by atoms with van der Waals surface area (Å²) in [5.74, 6) is -0.571. The van der Waals surface area contributed by atoms with Gasteiger partial charge in [-0.1, -0.05) is 41.0 Å². The van der Waals surface area contributed by atoms with Crippen LogP contribution in [0.15, 0.2) is 12.1 Å². The van der Waals surface area contributed by atoms with Gasteiger partial charge in [0.15, 0.2) is 5.78 Å². The fourth-order valence-corrected chi connectivity index (χ4v) is 2.65. The molecule has 1 amide bonds. The molecule has 5 heteroatoms. The van der Waals surface area contributed by atoms with E-state index >= 15 is 0 Å². The molecule has 1 aliphatic rings. The molecular formula is C20H35N3O2. The lowest BCUT2D eigenvalue weighted by molar-refractivity contribution is -0.118. The van der Waals surface area contributed by atoms with Gasteiger partial charge in [0.2, 0.25) is 5.91 Å². The van der Waals surface area contributed by atoms with E-state index in [4.69, 9.17) is 5.73 Å². The highest BCUT2D eigenvalue weighted by Gasteiger charge is 2.34. The Kier molecular flexibility index (Phi) is 9.87. The number of fused-ring (bicyclic) bond motifs is 1. The zero-order valence-electron chi connectivity index (χ0n) is 17.1. The highest BCUT2D eigenvalue weighted by atomic mass is 16.1. The van der Waals surface area contributed by atoms with E-state index in [1.165, 1.54) is 6.42 Å². The van der Waals surface area contributed by atoms with Crippen molar-refractivity contribution in [3.8, 4) is 0 Å². The lowest BCUT2D eigenvalue weighted by Gasteiger charge is -2.32. The number of benzene rings is 1. The molecule has 1 heterocycles. The van der Waals surface area contributed by atoms with Gasteiger partial charge < -0.3 is 16.0 Å². The molecular weight excluding hydrogens is 314 g/mol. The third kappa shape index (κ3) is 6.07. The zero-order chi connectivity index (χ0) is 19.7. The van der Waals surface area contributed by atoms with E-state index in [0.717, 1.165) is 22.5 Å². The van der Waals surface area contributed by atoms with E-state index in [9.17, 15) is 9.59 Å².